The van der Waals surface area contributed by atoms with E-state index < -0.39 is 5.97 Å². The number of hydrogen-bond donors (Lipinski definition) is 2. The summed E-state index contributed by atoms with van der Waals surface area (Å²) in [7, 11) is 0. The fourth-order valence-corrected chi connectivity index (χ4v) is 3.14. The number of carbonyl (C=O) groups is 2. The highest BCUT2D eigenvalue weighted by molar-refractivity contribution is 8.18. The molecule has 0 atom stereocenters. The zero-order valence-electron chi connectivity index (χ0n) is 13.1. The molecule has 2 N–H and O–H groups in total. The number of aryl methyl sites for hydroxylation is 1. The smallest absolute Gasteiger partial charge is 0.335 e. The van der Waals surface area contributed by atoms with Crippen LogP contribution < -0.4 is 5.32 Å². The maximum absolute atomic E-state index is 12.1. The zero-order valence-corrected chi connectivity index (χ0v) is 14.7. The summed E-state index contributed by atoms with van der Waals surface area (Å²) >= 11 is 7.30. The number of nitrogens with zero attached hydrogens (tertiary/aromatic N) is 1. The van der Waals surface area contributed by atoms with Crippen LogP contribution in [0.25, 0.3) is 6.08 Å². The number of carboxylic acids is 1. The number of halogens is 1. The Labute approximate surface area is 153 Å². The molecule has 126 valence electrons. The highest BCUT2D eigenvalue weighted by Gasteiger charge is 2.23. The Morgan fingerprint density at radius 3 is 2.60 bits per heavy atom. The Morgan fingerprint density at radius 2 is 1.96 bits per heavy atom. The number of rotatable bonds is 3. The second-order valence-electron chi connectivity index (χ2n) is 5.34. The van der Waals surface area contributed by atoms with Crippen molar-refractivity contribution in [1.82, 2.24) is 5.32 Å². The molecule has 1 amide bonds. The van der Waals surface area contributed by atoms with E-state index in [9.17, 15) is 9.59 Å². The van der Waals surface area contributed by atoms with Crippen LogP contribution in [0, 0.1) is 6.92 Å². The van der Waals surface area contributed by atoms with Crippen molar-refractivity contribution in [2.45, 2.75) is 6.92 Å². The molecule has 0 bridgehead atoms. The van der Waals surface area contributed by atoms with Crippen LogP contribution >= 0.6 is 23.4 Å². The molecule has 1 heterocycles. The standard InChI is InChI=1S/C18H13ClN2O3S/c1-10-2-7-13(9-14(10)19)20-18-21-16(22)15(25-18)8-11-3-5-12(6-4-11)17(23)24/h2-9H,1H3,(H,23,24)(H,20,21,22). The van der Waals surface area contributed by atoms with Gasteiger partial charge in [0.2, 0.25) is 0 Å². The largest absolute Gasteiger partial charge is 0.478 e. The molecule has 1 saturated heterocycles. The number of hydrogen-bond acceptors (Lipinski definition) is 4. The van der Waals surface area contributed by atoms with E-state index in [1.807, 2.05) is 19.1 Å². The van der Waals surface area contributed by atoms with Crippen molar-refractivity contribution in [3.8, 4) is 0 Å². The van der Waals surface area contributed by atoms with Crippen molar-refractivity contribution in [2.75, 3.05) is 0 Å². The van der Waals surface area contributed by atoms with Crippen molar-refractivity contribution < 1.29 is 14.7 Å². The van der Waals surface area contributed by atoms with Gasteiger partial charge in [-0.1, -0.05) is 29.8 Å². The fraction of sp³-hybridized carbons (Fsp3) is 0.0556. The minimum Gasteiger partial charge on any atom is -0.478 e. The summed E-state index contributed by atoms with van der Waals surface area (Å²) in [6, 6.07) is 11.7. The molecule has 3 rings (SSSR count). The molecule has 1 aliphatic rings. The third-order valence-corrected chi connectivity index (χ3v) is 4.81. The van der Waals surface area contributed by atoms with Crippen LogP contribution in [-0.4, -0.2) is 22.2 Å². The lowest BCUT2D eigenvalue weighted by Crippen LogP contribution is -2.19. The van der Waals surface area contributed by atoms with Gasteiger partial charge in [-0.25, -0.2) is 9.79 Å². The topological polar surface area (TPSA) is 78.8 Å². The molecule has 0 spiro atoms. The number of aliphatic imine (C=N–C) groups is 1. The van der Waals surface area contributed by atoms with Crippen LogP contribution in [0.4, 0.5) is 5.69 Å². The van der Waals surface area contributed by atoms with Gasteiger partial charge in [0.25, 0.3) is 5.91 Å². The predicted octanol–water partition coefficient (Wildman–Crippen LogP) is 4.24. The summed E-state index contributed by atoms with van der Waals surface area (Å²) in [5.41, 5.74) is 2.55. The molecule has 1 fully saturated rings. The molecule has 0 radical (unpaired) electrons. The van der Waals surface area contributed by atoms with E-state index in [0.717, 1.165) is 11.1 Å². The molecule has 5 nitrogen and oxygen atoms in total. The average molecular weight is 373 g/mol. The van der Waals surface area contributed by atoms with Gasteiger partial charge in [0.1, 0.15) is 0 Å². The highest BCUT2D eigenvalue weighted by atomic mass is 35.5. The number of amidine groups is 1. The van der Waals surface area contributed by atoms with Gasteiger partial charge < -0.3 is 10.4 Å². The summed E-state index contributed by atoms with van der Waals surface area (Å²) in [6.45, 7) is 1.90. The summed E-state index contributed by atoms with van der Waals surface area (Å²) in [5, 5.41) is 12.7. The molecule has 2 aromatic rings. The van der Waals surface area contributed by atoms with Crippen molar-refractivity contribution in [3.05, 3.63) is 69.1 Å². The minimum absolute atomic E-state index is 0.198. The van der Waals surface area contributed by atoms with Gasteiger partial charge in [-0.15, -0.1) is 0 Å². The summed E-state index contributed by atoms with van der Waals surface area (Å²) in [4.78, 5) is 27.8. The predicted molar refractivity (Wildman–Crippen MR) is 100 cm³/mol. The van der Waals surface area contributed by atoms with E-state index in [0.29, 0.717) is 20.8 Å². The number of nitrogens with one attached hydrogen (secondary N) is 1. The van der Waals surface area contributed by atoms with Crippen LogP contribution in [-0.2, 0) is 4.79 Å². The van der Waals surface area contributed by atoms with Gasteiger partial charge >= 0.3 is 5.97 Å². The molecule has 0 aliphatic carbocycles. The number of carbonyl (C=O) groups excluding carboxylic acids is 1. The molecule has 0 unspecified atom stereocenters. The lowest BCUT2D eigenvalue weighted by Gasteiger charge is -2.00. The molecule has 25 heavy (non-hydrogen) atoms. The number of aromatic carboxylic acids is 1. The molecule has 1 aliphatic heterocycles. The van der Waals surface area contributed by atoms with Crippen molar-refractivity contribution in [3.63, 3.8) is 0 Å². The second-order valence-corrected chi connectivity index (χ2v) is 6.78. The van der Waals surface area contributed by atoms with Gasteiger partial charge in [0.15, 0.2) is 5.17 Å². The Morgan fingerprint density at radius 1 is 1.24 bits per heavy atom. The van der Waals surface area contributed by atoms with Crippen LogP contribution in [0.3, 0.4) is 0 Å². The van der Waals surface area contributed by atoms with Gasteiger partial charge in [0, 0.05) is 5.02 Å². The number of carboxylic acid groups (broad SMARTS) is 1. The van der Waals surface area contributed by atoms with Gasteiger partial charge in [0.05, 0.1) is 16.2 Å². The van der Waals surface area contributed by atoms with Crippen LogP contribution in [0.2, 0.25) is 5.02 Å². The minimum atomic E-state index is -0.988. The fourth-order valence-electron chi connectivity index (χ4n) is 2.12. The Bertz CT molecular complexity index is 920. The average Bonchev–Trinajstić information content (AvgIpc) is 2.91. The van der Waals surface area contributed by atoms with Crippen LogP contribution in [0.5, 0.6) is 0 Å². The van der Waals surface area contributed by atoms with E-state index in [-0.39, 0.29) is 11.5 Å². The third-order valence-electron chi connectivity index (χ3n) is 3.49. The Kier molecular flexibility index (Phi) is 4.92. The first-order chi connectivity index (χ1) is 11.9. The lowest BCUT2D eigenvalue weighted by atomic mass is 10.1. The lowest BCUT2D eigenvalue weighted by molar-refractivity contribution is -0.115. The van der Waals surface area contributed by atoms with Crippen molar-refractivity contribution in [1.29, 1.82) is 0 Å². The second kappa shape index (κ2) is 7.13. The first kappa shape index (κ1) is 17.3. The first-order valence-corrected chi connectivity index (χ1v) is 8.51. The molecule has 2 aromatic carbocycles. The van der Waals surface area contributed by atoms with Crippen molar-refractivity contribution in [2.24, 2.45) is 4.99 Å². The highest BCUT2D eigenvalue weighted by Crippen LogP contribution is 2.29. The van der Waals surface area contributed by atoms with Crippen molar-refractivity contribution >= 4 is 52.2 Å². The SMILES string of the molecule is Cc1ccc(N=C2NC(=O)C(=Cc3ccc(C(=O)O)cc3)S2)cc1Cl. The van der Waals surface area contributed by atoms with E-state index >= 15 is 0 Å². The van der Waals surface area contributed by atoms with Gasteiger partial charge in [-0.05, 0) is 60.2 Å². The third kappa shape index (κ3) is 4.10. The number of thioether (sulfide) groups is 1. The van der Waals surface area contributed by atoms with E-state index in [2.05, 4.69) is 10.3 Å². The van der Waals surface area contributed by atoms with E-state index in [4.69, 9.17) is 16.7 Å². The Balaban J connectivity index is 1.80. The first-order valence-electron chi connectivity index (χ1n) is 7.31. The maximum atomic E-state index is 12.1. The Hall–Kier alpha value is -2.57. The monoisotopic (exact) mass is 372 g/mol. The molecular weight excluding hydrogens is 360 g/mol. The quantitative estimate of drug-likeness (QED) is 0.790. The molecule has 7 heteroatoms. The molecule has 0 saturated carbocycles. The summed E-state index contributed by atoms with van der Waals surface area (Å²) in [6.07, 6.45) is 1.69. The van der Waals surface area contributed by atoms with E-state index in [1.54, 1.807) is 24.3 Å². The van der Waals surface area contributed by atoms with E-state index in [1.165, 1.54) is 23.9 Å². The van der Waals surface area contributed by atoms with Gasteiger partial charge in [-0.2, -0.15) is 0 Å². The van der Waals surface area contributed by atoms with Crippen LogP contribution in [0.15, 0.2) is 52.4 Å². The van der Waals surface area contributed by atoms with Gasteiger partial charge in [-0.3, -0.25) is 4.79 Å². The maximum Gasteiger partial charge on any atom is 0.335 e. The normalized spacial score (nSPS) is 17.1. The van der Waals surface area contributed by atoms with Crippen LogP contribution in [0.1, 0.15) is 21.5 Å². The zero-order chi connectivity index (χ0) is 18.0. The summed E-state index contributed by atoms with van der Waals surface area (Å²) in [5.74, 6) is -1.23. The molecular formula is C18H13ClN2O3S. The summed E-state index contributed by atoms with van der Waals surface area (Å²) < 4.78 is 0. The molecule has 0 aromatic heterocycles. The number of amides is 1. The number of benzene rings is 2.